The van der Waals surface area contributed by atoms with Crippen LogP contribution in [0.5, 0.6) is 0 Å². The van der Waals surface area contributed by atoms with E-state index in [4.69, 9.17) is 4.74 Å². The van der Waals surface area contributed by atoms with Gasteiger partial charge in [0.25, 0.3) is 11.7 Å². The van der Waals surface area contributed by atoms with Crippen molar-refractivity contribution in [1.82, 2.24) is 0 Å². The number of nitrogens with zero attached hydrogens (tertiary/aromatic N) is 1. The zero-order valence-corrected chi connectivity index (χ0v) is 9.23. The van der Waals surface area contributed by atoms with E-state index < -0.39 is 11.7 Å². The van der Waals surface area contributed by atoms with Crippen LogP contribution in [0.4, 0.5) is 11.4 Å². The molecular weight excluding hydrogens is 220 g/mol. The summed E-state index contributed by atoms with van der Waals surface area (Å²) >= 11 is 0. The molecule has 1 aromatic carbocycles. The van der Waals surface area contributed by atoms with E-state index in [0.29, 0.717) is 24.5 Å². The number of ether oxygens (including phenoxy) is 1. The van der Waals surface area contributed by atoms with E-state index in [1.54, 1.807) is 6.07 Å². The van der Waals surface area contributed by atoms with Crippen molar-refractivity contribution in [2.75, 3.05) is 36.5 Å². The first-order chi connectivity index (χ1) is 8.27. The van der Waals surface area contributed by atoms with Gasteiger partial charge in [-0.3, -0.25) is 9.59 Å². The summed E-state index contributed by atoms with van der Waals surface area (Å²) in [6, 6.07) is 5.41. The van der Waals surface area contributed by atoms with Gasteiger partial charge in [0, 0.05) is 13.1 Å². The lowest BCUT2D eigenvalue weighted by Gasteiger charge is -2.30. The minimum absolute atomic E-state index is 0.449. The molecule has 5 nitrogen and oxygen atoms in total. The molecule has 0 unspecified atom stereocenters. The van der Waals surface area contributed by atoms with E-state index in [-0.39, 0.29) is 0 Å². The molecule has 5 heteroatoms. The van der Waals surface area contributed by atoms with Crippen LogP contribution in [0.2, 0.25) is 0 Å². The number of amides is 1. The summed E-state index contributed by atoms with van der Waals surface area (Å²) in [4.78, 5) is 25.1. The molecule has 3 rings (SSSR count). The van der Waals surface area contributed by atoms with E-state index >= 15 is 0 Å². The van der Waals surface area contributed by atoms with Crippen molar-refractivity contribution >= 4 is 23.1 Å². The minimum Gasteiger partial charge on any atom is -0.378 e. The highest BCUT2D eigenvalue weighted by molar-refractivity contribution is 6.52. The van der Waals surface area contributed by atoms with E-state index in [9.17, 15) is 9.59 Å². The maximum atomic E-state index is 11.6. The van der Waals surface area contributed by atoms with Gasteiger partial charge in [0.1, 0.15) is 0 Å². The fourth-order valence-corrected chi connectivity index (χ4v) is 2.22. The number of hydrogen-bond acceptors (Lipinski definition) is 4. The van der Waals surface area contributed by atoms with Crippen LogP contribution < -0.4 is 10.2 Å². The van der Waals surface area contributed by atoms with Gasteiger partial charge < -0.3 is 15.0 Å². The molecule has 0 aliphatic carbocycles. The molecule has 1 aromatic rings. The number of ketones is 1. The quantitative estimate of drug-likeness (QED) is 0.722. The third-order valence-electron chi connectivity index (χ3n) is 3.08. The van der Waals surface area contributed by atoms with Gasteiger partial charge in [0.05, 0.1) is 30.2 Å². The maximum Gasteiger partial charge on any atom is 0.296 e. The summed E-state index contributed by atoms with van der Waals surface area (Å²) in [5.41, 5.74) is 2.02. The second-order valence-electron chi connectivity index (χ2n) is 4.08. The molecule has 0 aromatic heterocycles. The predicted octanol–water partition coefficient (Wildman–Crippen LogP) is 0.658. The van der Waals surface area contributed by atoms with E-state index in [1.807, 2.05) is 12.1 Å². The lowest BCUT2D eigenvalue weighted by Crippen LogP contribution is -2.36. The Morgan fingerprint density at radius 1 is 1.18 bits per heavy atom. The Morgan fingerprint density at radius 3 is 2.71 bits per heavy atom. The van der Waals surface area contributed by atoms with Crippen LogP contribution >= 0.6 is 0 Å². The fourth-order valence-electron chi connectivity index (χ4n) is 2.22. The molecule has 2 heterocycles. The van der Waals surface area contributed by atoms with Gasteiger partial charge in [-0.25, -0.2) is 0 Å². The Hall–Kier alpha value is -1.88. The number of carbonyl (C=O) groups is 2. The monoisotopic (exact) mass is 232 g/mol. The maximum absolute atomic E-state index is 11.6. The summed E-state index contributed by atoms with van der Waals surface area (Å²) in [5.74, 6) is -0.990. The van der Waals surface area contributed by atoms with Gasteiger partial charge in [0.15, 0.2) is 0 Å². The van der Waals surface area contributed by atoms with Crippen molar-refractivity contribution in [2.45, 2.75) is 0 Å². The number of hydrogen-bond donors (Lipinski definition) is 1. The Kier molecular flexibility index (Phi) is 2.33. The minimum atomic E-state index is -0.541. The van der Waals surface area contributed by atoms with Crippen molar-refractivity contribution in [1.29, 1.82) is 0 Å². The first-order valence-corrected chi connectivity index (χ1v) is 5.59. The molecule has 1 amide bonds. The van der Waals surface area contributed by atoms with Crippen molar-refractivity contribution in [3.05, 3.63) is 23.8 Å². The van der Waals surface area contributed by atoms with Crippen LogP contribution in [0.25, 0.3) is 0 Å². The first-order valence-electron chi connectivity index (χ1n) is 5.59. The highest BCUT2D eigenvalue weighted by atomic mass is 16.5. The lowest BCUT2D eigenvalue weighted by molar-refractivity contribution is -0.112. The van der Waals surface area contributed by atoms with Gasteiger partial charge in [-0.05, 0) is 12.1 Å². The standard InChI is InChI=1S/C12H12N2O3/c15-11-8-2-1-3-9(10(8)13-12(11)16)14-4-6-17-7-5-14/h1-3H,4-7H2,(H,13,15,16). The molecule has 17 heavy (non-hydrogen) atoms. The Labute approximate surface area is 98.4 Å². The Balaban J connectivity index is 2.02. The van der Waals surface area contributed by atoms with Crippen LogP contribution in [0, 0.1) is 0 Å². The Bertz CT molecular complexity index is 493. The third kappa shape index (κ3) is 1.59. The fraction of sp³-hybridized carbons (Fsp3) is 0.333. The van der Waals surface area contributed by atoms with Crippen molar-refractivity contribution in [3.63, 3.8) is 0 Å². The smallest absolute Gasteiger partial charge is 0.296 e. The first kappa shape index (κ1) is 10.3. The van der Waals surface area contributed by atoms with Gasteiger partial charge in [0.2, 0.25) is 0 Å². The summed E-state index contributed by atoms with van der Waals surface area (Å²) < 4.78 is 5.29. The largest absolute Gasteiger partial charge is 0.378 e. The van der Waals surface area contributed by atoms with Gasteiger partial charge in [-0.15, -0.1) is 0 Å². The highest BCUT2D eigenvalue weighted by Gasteiger charge is 2.31. The molecule has 88 valence electrons. The molecule has 1 N–H and O–H groups in total. The zero-order valence-electron chi connectivity index (χ0n) is 9.23. The lowest BCUT2D eigenvalue weighted by atomic mass is 10.1. The van der Waals surface area contributed by atoms with Crippen LogP contribution in [-0.2, 0) is 9.53 Å². The number of anilines is 2. The van der Waals surface area contributed by atoms with E-state index in [2.05, 4.69) is 10.2 Å². The second kappa shape index (κ2) is 3.85. The summed E-state index contributed by atoms with van der Waals surface area (Å²) in [6.07, 6.45) is 0. The molecule has 0 bridgehead atoms. The van der Waals surface area contributed by atoms with Crippen LogP contribution in [-0.4, -0.2) is 38.0 Å². The number of fused-ring (bicyclic) bond motifs is 1. The van der Waals surface area contributed by atoms with Crippen molar-refractivity contribution in [2.24, 2.45) is 0 Å². The number of rotatable bonds is 1. The van der Waals surface area contributed by atoms with Gasteiger partial charge in [-0.1, -0.05) is 6.07 Å². The molecule has 1 fully saturated rings. The topological polar surface area (TPSA) is 58.6 Å². The highest BCUT2D eigenvalue weighted by Crippen LogP contribution is 2.34. The van der Waals surface area contributed by atoms with Crippen LogP contribution in [0.1, 0.15) is 10.4 Å². The molecule has 2 aliphatic heterocycles. The zero-order chi connectivity index (χ0) is 11.8. The predicted molar refractivity (Wildman–Crippen MR) is 62.4 cm³/mol. The average molecular weight is 232 g/mol. The van der Waals surface area contributed by atoms with Crippen LogP contribution in [0.15, 0.2) is 18.2 Å². The number of carbonyl (C=O) groups excluding carboxylic acids is 2. The van der Waals surface area contributed by atoms with E-state index in [0.717, 1.165) is 18.8 Å². The molecule has 0 radical (unpaired) electrons. The molecule has 2 aliphatic rings. The number of para-hydroxylation sites is 1. The van der Waals surface area contributed by atoms with Gasteiger partial charge in [-0.2, -0.15) is 0 Å². The van der Waals surface area contributed by atoms with Crippen molar-refractivity contribution < 1.29 is 14.3 Å². The average Bonchev–Trinajstić information content (AvgIpc) is 2.67. The second-order valence-corrected chi connectivity index (χ2v) is 4.08. The number of Topliss-reactive ketones (excluding diaryl/α,β-unsaturated/α-hetero) is 1. The number of nitrogens with one attached hydrogen (secondary N) is 1. The molecule has 0 atom stereocenters. The van der Waals surface area contributed by atoms with Crippen molar-refractivity contribution in [3.8, 4) is 0 Å². The molecule has 0 saturated carbocycles. The van der Waals surface area contributed by atoms with Gasteiger partial charge >= 0.3 is 0 Å². The SMILES string of the molecule is O=C1Nc2c(cccc2N2CCOCC2)C1=O. The molecule has 1 saturated heterocycles. The third-order valence-corrected chi connectivity index (χ3v) is 3.08. The molecular formula is C12H12N2O3. The molecule has 0 spiro atoms. The summed E-state index contributed by atoms with van der Waals surface area (Å²) in [5, 5.41) is 2.64. The normalized spacial score (nSPS) is 19.2. The van der Waals surface area contributed by atoms with Crippen LogP contribution in [0.3, 0.4) is 0 Å². The van der Waals surface area contributed by atoms with E-state index in [1.165, 1.54) is 0 Å². The summed E-state index contributed by atoms with van der Waals surface area (Å²) in [6.45, 7) is 2.90. The Morgan fingerprint density at radius 2 is 1.94 bits per heavy atom. The number of benzene rings is 1. The number of morpholine rings is 1. The summed E-state index contributed by atoms with van der Waals surface area (Å²) in [7, 11) is 0.